The van der Waals surface area contributed by atoms with E-state index >= 15 is 0 Å². The second kappa shape index (κ2) is 5.99. The van der Waals surface area contributed by atoms with Gasteiger partial charge in [-0.1, -0.05) is 39.0 Å². The Morgan fingerprint density at radius 1 is 1.14 bits per heavy atom. The van der Waals surface area contributed by atoms with Gasteiger partial charge in [0, 0.05) is 12.8 Å². The van der Waals surface area contributed by atoms with Gasteiger partial charge in [0.05, 0.1) is 23.4 Å². The van der Waals surface area contributed by atoms with Crippen molar-refractivity contribution in [1.29, 1.82) is 0 Å². The maximum atomic E-state index is 12.1. The molecule has 0 bridgehead atoms. The van der Waals surface area contributed by atoms with Crippen LogP contribution in [0.3, 0.4) is 0 Å². The van der Waals surface area contributed by atoms with Crippen molar-refractivity contribution in [3.05, 3.63) is 35.9 Å². The minimum Gasteiger partial charge on any atom is -0.453 e. The van der Waals surface area contributed by atoms with Crippen molar-refractivity contribution in [2.45, 2.75) is 57.5 Å². The summed E-state index contributed by atoms with van der Waals surface area (Å²) in [5, 5.41) is 31.1. The Morgan fingerprint density at radius 3 is 2.09 bits per heavy atom. The summed E-state index contributed by atoms with van der Waals surface area (Å²) in [6, 6.07) is 8.42. The first-order valence-corrected chi connectivity index (χ1v) is 7.48. The zero-order valence-corrected chi connectivity index (χ0v) is 13.2. The van der Waals surface area contributed by atoms with Crippen LogP contribution in [-0.2, 0) is 4.74 Å². The average Bonchev–Trinajstić information content (AvgIpc) is 2.42. The fourth-order valence-electron chi connectivity index (χ4n) is 2.80. The van der Waals surface area contributed by atoms with Crippen LogP contribution in [0, 0.1) is 5.41 Å². The lowest BCUT2D eigenvalue weighted by Crippen LogP contribution is -2.58. The molecule has 5 nitrogen and oxygen atoms in total. The topological polar surface area (TPSA) is 87.0 Å². The zero-order chi connectivity index (χ0) is 16.5. The molecule has 1 saturated carbocycles. The molecule has 1 fully saturated rings. The molecule has 2 unspecified atom stereocenters. The third kappa shape index (κ3) is 3.32. The van der Waals surface area contributed by atoms with Gasteiger partial charge in [-0.25, -0.2) is 4.79 Å². The van der Waals surface area contributed by atoms with Crippen LogP contribution in [0.25, 0.3) is 0 Å². The molecule has 0 aliphatic heterocycles. The van der Waals surface area contributed by atoms with E-state index in [0.717, 1.165) is 0 Å². The number of ether oxygens (including phenoxy) is 1. The van der Waals surface area contributed by atoms with E-state index in [-0.39, 0.29) is 12.8 Å². The highest BCUT2D eigenvalue weighted by Gasteiger charge is 2.51. The summed E-state index contributed by atoms with van der Waals surface area (Å²) in [4.78, 5) is 12.1. The molecule has 0 spiro atoms. The Balaban J connectivity index is 2.10. The molecule has 5 heteroatoms. The van der Waals surface area contributed by atoms with E-state index in [2.05, 4.69) is 0 Å². The Bertz CT molecular complexity index is 508. The number of hydrogen-bond acceptors (Lipinski definition) is 5. The number of hydrogen-bond donors (Lipinski definition) is 3. The van der Waals surface area contributed by atoms with Gasteiger partial charge in [-0.15, -0.1) is 0 Å². The molecule has 1 aromatic carbocycles. The fourth-order valence-corrected chi connectivity index (χ4v) is 2.80. The second-order valence-electron chi connectivity index (χ2n) is 7.06. The Labute approximate surface area is 130 Å². The van der Waals surface area contributed by atoms with Crippen LogP contribution in [-0.4, -0.2) is 45.2 Å². The standard InChI is InChI=1S/C17H24O5/c1-16(2,3)17(21)9-12(18)14(13(19)10-17)22-15(20)11-7-5-4-6-8-11/h4-8,12-14,18-19,21H,9-10H2,1-3H3. The first kappa shape index (κ1) is 16.9. The Hall–Kier alpha value is -1.43. The first-order valence-electron chi connectivity index (χ1n) is 7.48. The predicted molar refractivity (Wildman–Crippen MR) is 81.3 cm³/mol. The van der Waals surface area contributed by atoms with Crippen LogP contribution in [0.15, 0.2) is 30.3 Å². The molecule has 0 aromatic heterocycles. The van der Waals surface area contributed by atoms with Crippen LogP contribution in [0.4, 0.5) is 0 Å². The van der Waals surface area contributed by atoms with E-state index < -0.39 is 35.3 Å². The molecule has 0 amide bonds. The number of esters is 1. The third-order valence-corrected chi connectivity index (χ3v) is 4.50. The smallest absolute Gasteiger partial charge is 0.338 e. The van der Waals surface area contributed by atoms with Gasteiger partial charge in [-0.05, 0) is 17.5 Å². The van der Waals surface area contributed by atoms with Crippen LogP contribution in [0.5, 0.6) is 0 Å². The normalized spacial score (nSPS) is 32.5. The molecule has 1 aromatic rings. The minimum absolute atomic E-state index is 0.0558. The SMILES string of the molecule is CC(C)(C)C1(O)CC(O)C(OC(=O)c2ccccc2)C(O)C1. The minimum atomic E-state index is -1.21. The summed E-state index contributed by atoms with van der Waals surface area (Å²) in [5.41, 5.74) is -1.34. The van der Waals surface area contributed by atoms with Crippen molar-refractivity contribution in [2.24, 2.45) is 5.41 Å². The van der Waals surface area contributed by atoms with E-state index in [9.17, 15) is 20.1 Å². The lowest BCUT2D eigenvalue weighted by molar-refractivity contribution is -0.188. The van der Waals surface area contributed by atoms with E-state index in [1.807, 2.05) is 20.8 Å². The third-order valence-electron chi connectivity index (χ3n) is 4.50. The number of carbonyl (C=O) groups excluding carboxylic acids is 1. The number of rotatable bonds is 2. The van der Waals surface area contributed by atoms with Gasteiger partial charge >= 0.3 is 5.97 Å². The van der Waals surface area contributed by atoms with Crippen LogP contribution >= 0.6 is 0 Å². The van der Waals surface area contributed by atoms with E-state index in [4.69, 9.17) is 4.74 Å². The van der Waals surface area contributed by atoms with Crippen molar-refractivity contribution in [3.63, 3.8) is 0 Å². The highest BCUT2D eigenvalue weighted by Crippen LogP contribution is 2.42. The summed E-state index contributed by atoms with van der Waals surface area (Å²) >= 11 is 0. The maximum Gasteiger partial charge on any atom is 0.338 e. The van der Waals surface area contributed by atoms with Crippen molar-refractivity contribution < 1.29 is 24.9 Å². The molecule has 3 N–H and O–H groups in total. The molecule has 2 atom stereocenters. The molecule has 2 rings (SSSR count). The predicted octanol–water partition coefficient (Wildman–Crippen LogP) is 1.50. The fraction of sp³-hybridized carbons (Fsp3) is 0.588. The Kier molecular flexibility index (Phi) is 4.61. The largest absolute Gasteiger partial charge is 0.453 e. The second-order valence-corrected chi connectivity index (χ2v) is 7.06. The summed E-state index contributed by atoms with van der Waals surface area (Å²) < 4.78 is 5.26. The molecule has 1 aliphatic carbocycles. The number of carbonyl (C=O) groups is 1. The van der Waals surface area contributed by atoms with Crippen molar-refractivity contribution in [2.75, 3.05) is 0 Å². The van der Waals surface area contributed by atoms with Gasteiger partial charge in [0.25, 0.3) is 0 Å². The molecular formula is C17H24O5. The molecule has 22 heavy (non-hydrogen) atoms. The van der Waals surface area contributed by atoms with Crippen molar-refractivity contribution in [3.8, 4) is 0 Å². The van der Waals surface area contributed by atoms with E-state index in [1.165, 1.54) is 0 Å². The molecule has 1 aliphatic rings. The Morgan fingerprint density at radius 2 is 1.64 bits per heavy atom. The molecular weight excluding hydrogens is 284 g/mol. The molecule has 0 saturated heterocycles. The number of aliphatic hydroxyl groups is 3. The van der Waals surface area contributed by atoms with Gasteiger partial charge in [0.1, 0.15) is 0 Å². The van der Waals surface area contributed by atoms with Gasteiger partial charge in [0.15, 0.2) is 6.10 Å². The highest BCUT2D eigenvalue weighted by atomic mass is 16.6. The summed E-state index contributed by atoms with van der Waals surface area (Å²) in [6.07, 6.45) is -3.14. The van der Waals surface area contributed by atoms with Gasteiger partial charge in [-0.2, -0.15) is 0 Å². The lowest BCUT2D eigenvalue weighted by atomic mass is 9.66. The summed E-state index contributed by atoms with van der Waals surface area (Å²) in [6.45, 7) is 5.55. The highest BCUT2D eigenvalue weighted by molar-refractivity contribution is 5.89. The van der Waals surface area contributed by atoms with E-state index in [0.29, 0.717) is 5.56 Å². The number of benzene rings is 1. The lowest BCUT2D eigenvalue weighted by Gasteiger charge is -2.48. The molecule has 0 radical (unpaired) electrons. The molecule has 122 valence electrons. The quantitative estimate of drug-likeness (QED) is 0.721. The summed E-state index contributed by atoms with van der Waals surface area (Å²) in [7, 11) is 0. The average molecular weight is 308 g/mol. The van der Waals surface area contributed by atoms with Crippen LogP contribution in [0.2, 0.25) is 0 Å². The maximum absolute atomic E-state index is 12.1. The van der Waals surface area contributed by atoms with Gasteiger partial charge in [-0.3, -0.25) is 0 Å². The van der Waals surface area contributed by atoms with Gasteiger partial charge in [0.2, 0.25) is 0 Å². The van der Waals surface area contributed by atoms with Crippen molar-refractivity contribution >= 4 is 5.97 Å². The van der Waals surface area contributed by atoms with E-state index in [1.54, 1.807) is 30.3 Å². The van der Waals surface area contributed by atoms with Crippen LogP contribution < -0.4 is 0 Å². The zero-order valence-electron chi connectivity index (χ0n) is 13.2. The van der Waals surface area contributed by atoms with Crippen LogP contribution in [0.1, 0.15) is 44.0 Å². The summed E-state index contributed by atoms with van der Waals surface area (Å²) in [5.74, 6) is -0.593. The monoisotopic (exact) mass is 308 g/mol. The first-order chi connectivity index (χ1) is 10.1. The van der Waals surface area contributed by atoms with Crippen molar-refractivity contribution in [1.82, 2.24) is 0 Å². The number of aliphatic hydroxyl groups excluding tert-OH is 2. The van der Waals surface area contributed by atoms with Gasteiger partial charge < -0.3 is 20.1 Å². The molecule has 0 heterocycles.